The van der Waals surface area contributed by atoms with Crippen molar-refractivity contribution in [3.63, 3.8) is 0 Å². The van der Waals surface area contributed by atoms with Crippen LogP contribution in [0.2, 0.25) is 0 Å². The van der Waals surface area contributed by atoms with Crippen molar-refractivity contribution in [3.8, 4) is 5.75 Å². The highest BCUT2D eigenvalue weighted by Crippen LogP contribution is 2.31. The molecule has 6 nitrogen and oxygen atoms in total. The van der Waals surface area contributed by atoms with Gasteiger partial charge in [0.2, 0.25) is 0 Å². The summed E-state index contributed by atoms with van der Waals surface area (Å²) in [5.74, 6) is 0.179. The number of allylic oxidation sites excluding steroid dienone is 1. The number of benzene rings is 3. The van der Waals surface area contributed by atoms with Crippen LogP contribution in [0, 0.1) is 0 Å². The average molecular weight is 471 g/mol. The van der Waals surface area contributed by atoms with Gasteiger partial charge in [-0.2, -0.15) is 0 Å². The Hall–Kier alpha value is -3.97. The highest BCUT2D eigenvalue weighted by Gasteiger charge is 2.33. The van der Waals surface area contributed by atoms with Gasteiger partial charge in [0.05, 0.1) is 36.1 Å². The molecule has 0 saturated heterocycles. The molecule has 4 aromatic rings. The maximum atomic E-state index is 13.7. The molecular formula is C27H22N2O4S. The lowest BCUT2D eigenvalue weighted by Gasteiger charge is -2.24. The van der Waals surface area contributed by atoms with Crippen LogP contribution in [-0.2, 0) is 9.53 Å². The number of carbonyl (C=O) groups excluding carboxylic acids is 1. The highest BCUT2D eigenvalue weighted by atomic mass is 32.1. The molecule has 7 heteroatoms. The molecule has 1 aromatic heterocycles. The Balaban J connectivity index is 1.75. The molecular weight excluding hydrogens is 448 g/mol. The molecule has 0 saturated carbocycles. The number of nitrogens with zero attached hydrogens (tertiary/aromatic N) is 2. The Morgan fingerprint density at radius 2 is 1.76 bits per heavy atom. The number of esters is 1. The lowest BCUT2D eigenvalue weighted by Crippen LogP contribution is -2.39. The first-order chi connectivity index (χ1) is 16.5. The highest BCUT2D eigenvalue weighted by molar-refractivity contribution is 7.07. The summed E-state index contributed by atoms with van der Waals surface area (Å²) in [6, 6.07) is 20.8. The molecule has 0 unspecified atom stereocenters. The molecule has 0 N–H and O–H groups in total. The van der Waals surface area contributed by atoms with Crippen LogP contribution in [0.15, 0.2) is 87.8 Å². The molecule has 3 aromatic carbocycles. The molecule has 2 heterocycles. The summed E-state index contributed by atoms with van der Waals surface area (Å²) in [6.07, 6.45) is 1.90. The third-order valence-corrected chi connectivity index (χ3v) is 6.95. The second kappa shape index (κ2) is 8.76. The van der Waals surface area contributed by atoms with Gasteiger partial charge in [-0.1, -0.05) is 65.9 Å². The summed E-state index contributed by atoms with van der Waals surface area (Å²) in [6.45, 7) is 1.77. The molecule has 0 fully saturated rings. The molecule has 170 valence electrons. The zero-order chi connectivity index (χ0) is 23.8. The zero-order valence-electron chi connectivity index (χ0n) is 18.9. The average Bonchev–Trinajstić information content (AvgIpc) is 3.17. The number of fused-ring (bicyclic) bond motifs is 2. The van der Waals surface area contributed by atoms with Crippen molar-refractivity contribution in [1.82, 2.24) is 4.57 Å². The SMILES string of the molecule is COC(=O)C1=C(C)N=c2s/c(=C\c3cccc4ccccc34)c(=O)n2[C@@H]1c1ccc(OC)cc1. The van der Waals surface area contributed by atoms with Gasteiger partial charge in [0, 0.05) is 0 Å². The van der Waals surface area contributed by atoms with E-state index in [2.05, 4.69) is 4.99 Å². The number of hydrogen-bond donors (Lipinski definition) is 0. The molecule has 0 radical (unpaired) electrons. The number of aromatic nitrogens is 1. The van der Waals surface area contributed by atoms with Gasteiger partial charge in [0.1, 0.15) is 5.75 Å². The van der Waals surface area contributed by atoms with Crippen molar-refractivity contribution in [2.45, 2.75) is 13.0 Å². The fourth-order valence-electron chi connectivity index (χ4n) is 4.31. The first kappa shape index (κ1) is 21.9. The third-order valence-electron chi connectivity index (χ3n) is 5.97. The Morgan fingerprint density at radius 1 is 1.03 bits per heavy atom. The standard InChI is InChI=1S/C27H22N2O4S/c1-16-23(26(31)33-3)24(18-11-13-20(32-2)14-12-18)29-25(30)22(34-27(29)28-16)15-19-9-6-8-17-7-4-5-10-21(17)19/h4-15,24H,1-3H3/b22-15-/t24-/m1/s1. The number of ether oxygens (including phenoxy) is 2. The van der Waals surface area contributed by atoms with Gasteiger partial charge in [0.15, 0.2) is 4.80 Å². The fourth-order valence-corrected chi connectivity index (χ4v) is 5.35. The monoisotopic (exact) mass is 470 g/mol. The van der Waals surface area contributed by atoms with E-state index in [-0.39, 0.29) is 5.56 Å². The summed E-state index contributed by atoms with van der Waals surface area (Å²) in [5, 5.41) is 2.16. The van der Waals surface area contributed by atoms with E-state index in [0.29, 0.717) is 26.4 Å². The normalized spacial score (nSPS) is 15.7. The summed E-state index contributed by atoms with van der Waals surface area (Å²) in [5.41, 5.74) is 2.40. The molecule has 0 amide bonds. The quantitative estimate of drug-likeness (QED) is 0.428. The van der Waals surface area contributed by atoms with Crippen molar-refractivity contribution < 1.29 is 14.3 Å². The number of hydrogen-bond acceptors (Lipinski definition) is 6. The lowest BCUT2D eigenvalue weighted by atomic mass is 9.96. The van der Waals surface area contributed by atoms with Crippen LogP contribution >= 0.6 is 11.3 Å². The molecule has 0 bridgehead atoms. The topological polar surface area (TPSA) is 69.9 Å². The summed E-state index contributed by atoms with van der Waals surface area (Å²) in [4.78, 5) is 31.6. The first-order valence-corrected chi connectivity index (χ1v) is 11.6. The van der Waals surface area contributed by atoms with Gasteiger partial charge in [-0.15, -0.1) is 0 Å². The van der Waals surface area contributed by atoms with Crippen molar-refractivity contribution in [3.05, 3.63) is 109 Å². The minimum absolute atomic E-state index is 0.202. The van der Waals surface area contributed by atoms with Crippen molar-refractivity contribution in [2.24, 2.45) is 4.99 Å². The Labute approximate surface area is 199 Å². The molecule has 0 aliphatic carbocycles. The molecule has 5 rings (SSSR count). The minimum atomic E-state index is -0.649. The molecule has 0 spiro atoms. The van der Waals surface area contributed by atoms with Crippen LogP contribution in [0.3, 0.4) is 0 Å². The predicted octanol–water partition coefficient (Wildman–Crippen LogP) is 3.57. The van der Waals surface area contributed by atoms with E-state index < -0.39 is 12.0 Å². The van der Waals surface area contributed by atoms with Crippen LogP contribution in [0.4, 0.5) is 0 Å². The smallest absolute Gasteiger partial charge is 0.338 e. The van der Waals surface area contributed by atoms with E-state index >= 15 is 0 Å². The van der Waals surface area contributed by atoms with Gasteiger partial charge in [0.25, 0.3) is 5.56 Å². The number of rotatable bonds is 4. The Morgan fingerprint density at radius 3 is 2.50 bits per heavy atom. The van der Waals surface area contributed by atoms with Crippen molar-refractivity contribution >= 4 is 34.2 Å². The van der Waals surface area contributed by atoms with E-state index in [9.17, 15) is 9.59 Å². The maximum Gasteiger partial charge on any atom is 0.338 e. The lowest BCUT2D eigenvalue weighted by molar-refractivity contribution is -0.136. The van der Waals surface area contributed by atoms with E-state index in [1.807, 2.05) is 72.8 Å². The van der Waals surface area contributed by atoms with Crippen LogP contribution < -0.4 is 19.6 Å². The second-order valence-electron chi connectivity index (χ2n) is 7.91. The maximum absolute atomic E-state index is 13.7. The first-order valence-electron chi connectivity index (χ1n) is 10.7. The van der Waals surface area contributed by atoms with Gasteiger partial charge in [-0.25, -0.2) is 9.79 Å². The number of methoxy groups -OCH3 is 2. The fraction of sp³-hybridized carbons (Fsp3) is 0.148. The minimum Gasteiger partial charge on any atom is -0.497 e. The summed E-state index contributed by atoms with van der Waals surface area (Å²) < 4.78 is 12.5. The summed E-state index contributed by atoms with van der Waals surface area (Å²) >= 11 is 1.31. The van der Waals surface area contributed by atoms with Gasteiger partial charge in [-0.05, 0) is 47.0 Å². The van der Waals surface area contributed by atoms with Gasteiger partial charge >= 0.3 is 5.97 Å². The molecule has 1 aliphatic heterocycles. The number of thiazole rings is 1. The predicted molar refractivity (Wildman–Crippen MR) is 133 cm³/mol. The van der Waals surface area contributed by atoms with E-state index in [4.69, 9.17) is 9.47 Å². The van der Waals surface area contributed by atoms with E-state index in [1.54, 1.807) is 18.6 Å². The molecule has 1 aliphatic rings. The van der Waals surface area contributed by atoms with Crippen LogP contribution in [0.25, 0.3) is 16.8 Å². The largest absolute Gasteiger partial charge is 0.497 e. The van der Waals surface area contributed by atoms with Crippen molar-refractivity contribution in [1.29, 1.82) is 0 Å². The van der Waals surface area contributed by atoms with Gasteiger partial charge < -0.3 is 9.47 Å². The van der Waals surface area contributed by atoms with E-state index in [0.717, 1.165) is 21.9 Å². The Kier molecular flexibility index (Phi) is 5.63. The number of carbonyl (C=O) groups is 1. The van der Waals surface area contributed by atoms with Crippen LogP contribution in [0.5, 0.6) is 5.75 Å². The van der Waals surface area contributed by atoms with Crippen molar-refractivity contribution in [2.75, 3.05) is 14.2 Å². The summed E-state index contributed by atoms with van der Waals surface area (Å²) in [7, 11) is 2.93. The third kappa shape index (κ3) is 3.64. The van der Waals surface area contributed by atoms with Crippen LogP contribution in [-0.4, -0.2) is 24.8 Å². The van der Waals surface area contributed by atoms with E-state index in [1.165, 1.54) is 18.4 Å². The van der Waals surface area contributed by atoms with Gasteiger partial charge in [-0.3, -0.25) is 9.36 Å². The Bertz CT molecular complexity index is 1620. The van der Waals surface area contributed by atoms with Crippen LogP contribution in [0.1, 0.15) is 24.1 Å². The molecule has 1 atom stereocenters. The second-order valence-corrected chi connectivity index (χ2v) is 8.92. The molecule has 34 heavy (non-hydrogen) atoms. The zero-order valence-corrected chi connectivity index (χ0v) is 19.8.